The van der Waals surface area contributed by atoms with Crippen LogP contribution in [0.2, 0.25) is 0 Å². The minimum Gasteiger partial charge on any atom is -0.320 e. The van der Waals surface area contributed by atoms with E-state index >= 15 is 0 Å². The maximum Gasteiger partial charge on any atom is 0.163 e. The van der Waals surface area contributed by atoms with Crippen molar-refractivity contribution in [2.24, 2.45) is 5.73 Å². The Balaban J connectivity index is 2.46. The molecule has 0 spiro atoms. The van der Waals surface area contributed by atoms with Crippen molar-refractivity contribution < 1.29 is 8.78 Å². The maximum absolute atomic E-state index is 13.5. The first kappa shape index (κ1) is 11.2. The minimum absolute atomic E-state index is 0.196. The average Bonchev–Trinajstić information content (AvgIpc) is 2.68. The highest BCUT2D eigenvalue weighted by Crippen LogP contribution is 2.28. The topological polar surface area (TPSA) is 26.0 Å². The zero-order chi connectivity index (χ0) is 11.7. The van der Waals surface area contributed by atoms with E-state index in [1.165, 1.54) is 12.1 Å². The summed E-state index contributed by atoms with van der Waals surface area (Å²) in [5.74, 6) is -1.72. The third-order valence-electron chi connectivity index (χ3n) is 2.55. The van der Waals surface area contributed by atoms with E-state index in [0.29, 0.717) is 0 Å². The van der Waals surface area contributed by atoms with E-state index in [1.54, 1.807) is 11.3 Å². The second kappa shape index (κ2) is 4.31. The van der Waals surface area contributed by atoms with Crippen LogP contribution < -0.4 is 5.73 Å². The number of hydrogen-bond acceptors (Lipinski definition) is 2. The largest absolute Gasteiger partial charge is 0.320 e. The lowest BCUT2D eigenvalue weighted by Gasteiger charge is -2.13. The van der Waals surface area contributed by atoms with Gasteiger partial charge >= 0.3 is 0 Å². The number of hydrogen-bond donors (Lipinski definition) is 1. The molecule has 84 valence electrons. The summed E-state index contributed by atoms with van der Waals surface area (Å²) >= 11 is 1.54. The molecule has 0 saturated heterocycles. The molecule has 1 nitrogen and oxygen atoms in total. The Kier molecular flexibility index (Phi) is 3.03. The lowest BCUT2D eigenvalue weighted by Crippen LogP contribution is -2.14. The Morgan fingerprint density at radius 1 is 1.19 bits per heavy atom. The van der Waals surface area contributed by atoms with E-state index in [-0.39, 0.29) is 5.56 Å². The first-order valence-electron chi connectivity index (χ1n) is 4.84. The van der Waals surface area contributed by atoms with Crippen LogP contribution in [0.3, 0.4) is 0 Å². The third-order valence-corrected chi connectivity index (χ3v) is 3.41. The van der Waals surface area contributed by atoms with Crippen molar-refractivity contribution in [2.75, 3.05) is 0 Å². The fourth-order valence-electron chi connectivity index (χ4n) is 1.65. The maximum atomic E-state index is 13.5. The molecule has 2 aromatic rings. The standard InChI is InChI=1S/C12H11F2NS/c1-7-8(5-6-16-7)12(15)9-3-2-4-10(13)11(9)14/h2-6,12H,15H2,1H3. The smallest absolute Gasteiger partial charge is 0.163 e. The summed E-state index contributed by atoms with van der Waals surface area (Å²) in [7, 11) is 0. The van der Waals surface area contributed by atoms with Gasteiger partial charge in [-0.25, -0.2) is 8.78 Å². The van der Waals surface area contributed by atoms with Crippen molar-refractivity contribution in [1.82, 2.24) is 0 Å². The fraction of sp³-hybridized carbons (Fsp3) is 0.167. The predicted octanol–water partition coefficient (Wildman–Crippen LogP) is 3.38. The van der Waals surface area contributed by atoms with E-state index in [9.17, 15) is 8.78 Å². The molecule has 16 heavy (non-hydrogen) atoms. The number of aryl methyl sites for hydroxylation is 1. The van der Waals surface area contributed by atoms with Gasteiger partial charge in [0.15, 0.2) is 11.6 Å². The molecule has 1 aromatic heterocycles. The molecule has 0 saturated carbocycles. The summed E-state index contributed by atoms with van der Waals surface area (Å²) < 4.78 is 26.6. The molecule has 0 aliphatic heterocycles. The summed E-state index contributed by atoms with van der Waals surface area (Å²) in [6, 6.07) is 5.30. The van der Waals surface area contributed by atoms with Crippen LogP contribution >= 0.6 is 11.3 Å². The van der Waals surface area contributed by atoms with Crippen molar-refractivity contribution in [3.63, 3.8) is 0 Å². The van der Waals surface area contributed by atoms with Gasteiger partial charge in [-0.2, -0.15) is 0 Å². The van der Waals surface area contributed by atoms with Crippen molar-refractivity contribution in [1.29, 1.82) is 0 Å². The summed E-state index contributed by atoms with van der Waals surface area (Å²) in [4.78, 5) is 1.02. The highest BCUT2D eigenvalue weighted by Gasteiger charge is 2.18. The van der Waals surface area contributed by atoms with Gasteiger partial charge in [0.05, 0.1) is 6.04 Å². The molecule has 0 bridgehead atoms. The zero-order valence-corrected chi connectivity index (χ0v) is 9.52. The van der Waals surface area contributed by atoms with Crippen LogP contribution in [0.1, 0.15) is 22.0 Å². The van der Waals surface area contributed by atoms with Gasteiger partial charge in [0, 0.05) is 10.4 Å². The van der Waals surface area contributed by atoms with Gasteiger partial charge in [-0.1, -0.05) is 12.1 Å². The van der Waals surface area contributed by atoms with Crippen molar-refractivity contribution in [3.8, 4) is 0 Å². The fourth-order valence-corrected chi connectivity index (χ4v) is 2.40. The van der Waals surface area contributed by atoms with Crippen LogP contribution in [-0.2, 0) is 0 Å². The Hall–Kier alpha value is -1.26. The van der Waals surface area contributed by atoms with Gasteiger partial charge in [0.25, 0.3) is 0 Å². The molecule has 4 heteroatoms. The van der Waals surface area contributed by atoms with E-state index < -0.39 is 17.7 Å². The van der Waals surface area contributed by atoms with Gasteiger partial charge in [-0.05, 0) is 30.0 Å². The number of thiophene rings is 1. The van der Waals surface area contributed by atoms with Gasteiger partial charge in [0.1, 0.15) is 0 Å². The molecule has 1 aromatic carbocycles. The number of rotatable bonds is 2. The van der Waals surface area contributed by atoms with Crippen molar-refractivity contribution >= 4 is 11.3 Å². The molecule has 1 atom stereocenters. The molecule has 1 heterocycles. The van der Waals surface area contributed by atoms with Gasteiger partial charge in [-0.15, -0.1) is 11.3 Å². The molecular formula is C12H11F2NS. The first-order valence-corrected chi connectivity index (χ1v) is 5.72. The number of benzene rings is 1. The second-order valence-corrected chi connectivity index (χ2v) is 4.67. The van der Waals surface area contributed by atoms with E-state index in [2.05, 4.69) is 0 Å². The highest BCUT2D eigenvalue weighted by atomic mass is 32.1. The minimum atomic E-state index is -0.861. The van der Waals surface area contributed by atoms with Crippen molar-refractivity contribution in [2.45, 2.75) is 13.0 Å². The molecule has 0 fully saturated rings. The Morgan fingerprint density at radius 2 is 1.94 bits per heavy atom. The van der Waals surface area contributed by atoms with Crippen LogP contribution in [0.5, 0.6) is 0 Å². The molecule has 0 aliphatic carbocycles. The summed E-state index contributed by atoms with van der Waals surface area (Å²) in [5.41, 5.74) is 6.97. The Bertz CT molecular complexity index is 507. The summed E-state index contributed by atoms with van der Waals surface area (Å²) in [6.45, 7) is 1.91. The van der Waals surface area contributed by atoms with E-state index in [4.69, 9.17) is 5.73 Å². The van der Waals surface area contributed by atoms with Crippen molar-refractivity contribution in [3.05, 3.63) is 57.3 Å². The van der Waals surface area contributed by atoms with Crippen LogP contribution in [0.4, 0.5) is 8.78 Å². The monoisotopic (exact) mass is 239 g/mol. The quantitative estimate of drug-likeness (QED) is 0.854. The summed E-state index contributed by atoms with van der Waals surface area (Å²) in [6.07, 6.45) is 0. The normalized spacial score (nSPS) is 12.8. The average molecular weight is 239 g/mol. The van der Waals surface area contributed by atoms with Gasteiger partial charge < -0.3 is 5.73 Å². The second-order valence-electron chi connectivity index (χ2n) is 3.55. The van der Waals surface area contributed by atoms with Gasteiger partial charge in [-0.3, -0.25) is 0 Å². The Morgan fingerprint density at radius 3 is 2.56 bits per heavy atom. The molecule has 0 amide bonds. The number of halogens is 2. The lowest BCUT2D eigenvalue weighted by molar-refractivity contribution is 0.494. The Labute approximate surface area is 96.5 Å². The molecule has 0 radical (unpaired) electrons. The van der Waals surface area contributed by atoms with Crippen LogP contribution in [0.25, 0.3) is 0 Å². The zero-order valence-electron chi connectivity index (χ0n) is 8.71. The molecule has 0 aliphatic rings. The van der Waals surface area contributed by atoms with Gasteiger partial charge in [0.2, 0.25) is 0 Å². The SMILES string of the molecule is Cc1sccc1C(N)c1cccc(F)c1F. The summed E-state index contributed by atoms with van der Waals surface area (Å²) in [5, 5.41) is 1.89. The van der Waals surface area contributed by atoms with Crippen LogP contribution in [0.15, 0.2) is 29.6 Å². The predicted molar refractivity (Wildman–Crippen MR) is 61.4 cm³/mol. The molecular weight excluding hydrogens is 228 g/mol. The van der Waals surface area contributed by atoms with E-state index in [0.717, 1.165) is 16.5 Å². The third kappa shape index (κ3) is 1.86. The highest BCUT2D eigenvalue weighted by molar-refractivity contribution is 7.10. The number of nitrogens with two attached hydrogens (primary N) is 1. The van der Waals surface area contributed by atoms with Crippen LogP contribution in [-0.4, -0.2) is 0 Å². The molecule has 2 rings (SSSR count). The lowest BCUT2D eigenvalue weighted by atomic mass is 10.00. The first-order chi connectivity index (χ1) is 7.61. The molecule has 1 unspecified atom stereocenters. The molecule has 2 N–H and O–H groups in total. The van der Waals surface area contributed by atoms with Crippen LogP contribution in [0, 0.1) is 18.6 Å². The van der Waals surface area contributed by atoms with E-state index in [1.807, 2.05) is 18.4 Å².